The van der Waals surface area contributed by atoms with E-state index in [1.807, 2.05) is 0 Å². The lowest BCUT2D eigenvalue weighted by Gasteiger charge is -2.28. The molecule has 2 heteroatoms. The highest BCUT2D eigenvalue weighted by Crippen LogP contribution is 2.41. The summed E-state index contributed by atoms with van der Waals surface area (Å²) in [5, 5.41) is 3.81. The number of nitrogens with one attached hydrogen (secondary N) is 1. The molecule has 1 unspecified atom stereocenters. The van der Waals surface area contributed by atoms with Crippen LogP contribution in [0.3, 0.4) is 0 Å². The van der Waals surface area contributed by atoms with Gasteiger partial charge in [0, 0.05) is 26.3 Å². The van der Waals surface area contributed by atoms with Crippen molar-refractivity contribution in [2.75, 3.05) is 20.3 Å². The second kappa shape index (κ2) is 6.73. The minimum Gasteiger partial charge on any atom is -0.385 e. The van der Waals surface area contributed by atoms with Gasteiger partial charge in [0.1, 0.15) is 0 Å². The first-order valence-electron chi connectivity index (χ1n) is 7.81. The van der Waals surface area contributed by atoms with Crippen LogP contribution in [0.5, 0.6) is 0 Å². The summed E-state index contributed by atoms with van der Waals surface area (Å²) in [6.07, 6.45) is 3.83. The highest BCUT2D eigenvalue weighted by Gasteiger charge is 2.33. The Bertz CT molecular complexity index is 406. The Labute approximate surface area is 123 Å². The molecule has 1 aromatic rings. The quantitative estimate of drug-likeness (QED) is 0.771. The minimum absolute atomic E-state index is 0.286. The number of ether oxygens (including phenoxy) is 1. The molecule has 2 nitrogen and oxygen atoms in total. The predicted molar refractivity (Wildman–Crippen MR) is 84.9 cm³/mol. The first-order valence-corrected chi connectivity index (χ1v) is 7.81. The van der Waals surface area contributed by atoms with Crippen molar-refractivity contribution in [3.8, 4) is 0 Å². The molecule has 1 aromatic carbocycles. The molecule has 1 fully saturated rings. The van der Waals surface area contributed by atoms with Gasteiger partial charge in [0.2, 0.25) is 0 Å². The average molecular weight is 275 g/mol. The Kier molecular flexibility index (Phi) is 5.22. The van der Waals surface area contributed by atoms with E-state index in [1.165, 1.54) is 24.0 Å². The Morgan fingerprint density at radius 1 is 1.25 bits per heavy atom. The van der Waals surface area contributed by atoms with Crippen molar-refractivity contribution >= 4 is 0 Å². The molecular formula is C18H29NO. The number of hydrogen-bond donors (Lipinski definition) is 1. The number of benzene rings is 1. The fraction of sp³-hybridized carbons (Fsp3) is 0.667. The molecule has 1 N–H and O–H groups in total. The summed E-state index contributed by atoms with van der Waals surface area (Å²) in [5.74, 6) is 0.830. The molecule has 0 aromatic heterocycles. The van der Waals surface area contributed by atoms with Crippen molar-refractivity contribution in [1.82, 2.24) is 5.32 Å². The van der Waals surface area contributed by atoms with Crippen LogP contribution in [0.1, 0.15) is 50.3 Å². The van der Waals surface area contributed by atoms with Crippen molar-refractivity contribution in [2.24, 2.45) is 11.3 Å². The monoisotopic (exact) mass is 275 g/mol. The van der Waals surface area contributed by atoms with Crippen LogP contribution in [-0.2, 0) is 4.74 Å². The molecule has 0 bridgehead atoms. The Balaban J connectivity index is 1.94. The van der Waals surface area contributed by atoms with E-state index in [0.29, 0.717) is 6.04 Å². The van der Waals surface area contributed by atoms with Gasteiger partial charge in [0.05, 0.1) is 0 Å². The van der Waals surface area contributed by atoms with E-state index >= 15 is 0 Å². The van der Waals surface area contributed by atoms with E-state index in [4.69, 9.17) is 4.74 Å². The maximum atomic E-state index is 5.21. The van der Waals surface area contributed by atoms with E-state index in [0.717, 1.165) is 25.5 Å². The summed E-state index contributed by atoms with van der Waals surface area (Å²) >= 11 is 0. The smallest absolute Gasteiger partial charge is 0.0467 e. The van der Waals surface area contributed by atoms with Crippen LogP contribution in [0, 0.1) is 18.3 Å². The third kappa shape index (κ3) is 4.60. The molecule has 1 aliphatic carbocycles. The molecule has 112 valence electrons. The molecule has 0 heterocycles. The zero-order chi connectivity index (χ0) is 14.6. The third-order valence-corrected chi connectivity index (χ3v) is 4.31. The van der Waals surface area contributed by atoms with Gasteiger partial charge in [-0.2, -0.15) is 0 Å². The first-order chi connectivity index (χ1) is 9.52. The molecule has 0 amide bonds. The highest BCUT2D eigenvalue weighted by atomic mass is 16.5. The van der Waals surface area contributed by atoms with Crippen LogP contribution in [0.2, 0.25) is 0 Å². The molecule has 0 radical (unpaired) electrons. The van der Waals surface area contributed by atoms with Gasteiger partial charge in [0.25, 0.3) is 0 Å². The summed E-state index contributed by atoms with van der Waals surface area (Å²) in [7, 11) is 1.78. The van der Waals surface area contributed by atoms with E-state index in [9.17, 15) is 0 Å². The largest absolute Gasteiger partial charge is 0.385 e. The maximum absolute atomic E-state index is 5.21. The SMILES string of the molecule is COCCC(C)(C)CNC(c1ccc(C)cc1)C1CC1. The van der Waals surface area contributed by atoms with Crippen molar-refractivity contribution in [1.29, 1.82) is 0 Å². The standard InChI is InChI=1S/C18H29NO/c1-14-5-7-15(8-6-14)17(16-9-10-16)19-13-18(2,3)11-12-20-4/h5-8,16-17,19H,9-13H2,1-4H3. The minimum atomic E-state index is 0.286. The van der Waals surface area contributed by atoms with Gasteiger partial charge < -0.3 is 10.1 Å². The van der Waals surface area contributed by atoms with Crippen LogP contribution >= 0.6 is 0 Å². The Hall–Kier alpha value is -0.860. The third-order valence-electron chi connectivity index (χ3n) is 4.31. The van der Waals surface area contributed by atoms with E-state index in [-0.39, 0.29) is 5.41 Å². The molecule has 0 aliphatic heterocycles. The van der Waals surface area contributed by atoms with Gasteiger partial charge in [-0.25, -0.2) is 0 Å². The zero-order valence-electron chi connectivity index (χ0n) is 13.4. The number of methoxy groups -OCH3 is 1. The second-order valence-corrected chi connectivity index (χ2v) is 7.01. The lowest BCUT2D eigenvalue weighted by atomic mass is 9.88. The Morgan fingerprint density at radius 2 is 1.90 bits per heavy atom. The molecular weight excluding hydrogens is 246 g/mol. The molecule has 2 rings (SSSR count). The maximum Gasteiger partial charge on any atom is 0.0467 e. The molecule has 20 heavy (non-hydrogen) atoms. The van der Waals surface area contributed by atoms with Crippen LogP contribution in [0.25, 0.3) is 0 Å². The number of hydrogen-bond acceptors (Lipinski definition) is 2. The van der Waals surface area contributed by atoms with Crippen LogP contribution in [0.15, 0.2) is 24.3 Å². The van der Waals surface area contributed by atoms with Crippen LogP contribution in [-0.4, -0.2) is 20.3 Å². The van der Waals surface area contributed by atoms with Crippen LogP contribution in [0.4, 0.5) is 0 Å². The van der Waals surface area contributed by atoms with E-state index in [1.54, 1.807) is 7.11 Å². The topological polar surface area (TPSA) is 21.3 Å². The zero-order valence-corrected chi connectivity index (χ0v) is 13.4. The van der Waals surface area contributed by atoms with Gasteiger partial charge in [-0.1, -0.05) is 43.7 Å². The number of aryl methyl sites for hydroxylation is 1. The van der Waals surface area contributed by atoms with Crippen molar-refractivity contribution in [2.45, 2.75) is 46.1 Å². The van der Waals surface area contributed by atoms with E-state index in [2.05, 4.69) is 50.4 Å². The summed E-state index contributed by atoms with van der Waals surface area (Å²) in [6.45, 7) is 8.67. The van der Waals surface area contributed by atoms with Gasteiger partial charge in [-0.05, 0) is 43.1 Å². The molecule has 0 spiro atoms. The van der Waals surface area contributed by atoms with Gasteiger partial charge in [0.15, 0.2) is 0 Å². The van der Waals surface area contributed by atoms with Gasteiger partial charge in [-0.15, -0.1) is 0 Å². The summed E-state index contributed by atoms with van der Waals surface area (Å²) in [6, 6.07) is 9.55. The van der Waals surface area contributed by atoms with Crippen LogP contribution < -0.4 is 5.32 Å². The summed E-state index contributed by atoms with van der Waals surface area (Å²) in [4.78, 5) is 0. The lowest BCUT2D eigenvalue weighted by Crippen LogP contribution is -2.34. The van der Waals surface area contributed by atoms with E-state index < -0.39 is 0 Å². The average Bonchev–Trinajstić information content (AvgIpc) is 3.23. The van der Waals surface area contributed by atoms with Crippen molar-refractivity contribution < 1.29 is 4.74 Å². The highest BCUT2D eigenvalue weighted by molar-refractivity contribution is 5.25. The normalized spacial score (nSPS) is 17.2. The fourth-order valence-corrected chi connectivity index (χ4v) is 2.61. The fourth-order valence-electron chi connectivity index (χ4n) is 2.61. The van der Waals surface area contributed by atoms with Gasteiger partial charge >= 0.3 is 0 Å². The molecule has 0 saturated heterocycles. The molecule has 1 atom stereocenters. The predicted octanol–water partition coefficient (Wildman–Crippen LogP) is 4.10. The molecule has 1 saturated carbocycles. The van der Waals surface area contributed by atoms with Crippen molar-refractivity contribution in [3.05, 3.63) is 35.4 Å². The molecule has 1 aliphatic rings. The first kappa shape index (κ1) is 15.5. The van der Waals surface area contributed by atoms with Crippen molar-refractivity contribution in [3.63, 3.8) is 0 Å². The Morgan fingerprint density at radius 3 is 2.45 bits per heavy atom. The number of rotatable bonds is 8. The lowest BCUT2D eigenvalue weighted by molar-refractivity contribution is 0.148. The summed E-state index contributed by atoms with van der Waals surface area (Å²) < 4.78 is 5.21. The van der Waals surface area contributed by atoms with Gasteiger partial charge in [-0.3, -0.25) is 0 Å². The second-order valence-electron chi connectivity index (χ2n) is 7.01. The summed E-state index contributed by atoms with van der Waals surface area (Å²) in [5.41, 5.74) is 3.07.